The minimum atomic E-state index is -0.354. The fraction of sp³-hybridized carbons (Fsp3) is 0.250. The first-order valence-corrected chi connectivity index (χ1v) is 11.1. The van der Waals surface area contributed by atoms with Gasteiger partial charge in [0.05, 0.1) is 18.4 Å². The zero-order valence-electron chi connectivity index (χ0n) is 18.8. The van der Waals surface area contributed by atoms with Gasteiger partial charge in [0, 0.05) is 50.1 Å². The molecule has 1 aromatic carbocycles. The Labute approximate surface area is 200 Å². The average Bonchev–Trinajstić information content (AvgIpc) is 3.59. The zero-order valence-corrected chi connectivity index (χ0v) is 18.8. The monoisotopic (exact) mass is 478 g/mol. The molecule has 4 heterocycles. The number of benzene rings is 1. The normalized spacial score (nSPS) is 13.6. The Bertz CT molecular complexity index is 1260. The predicted octanol–water partition coefficient (Wildman–Crippen LogP) is 3.20. The van der Waals surface area contributed by atoms with Gasteiger partial charge in [0.15, 0.2) is 18.2 Å². The molecule has 1 aliphatic rings. The van der Waals surface area contributed by atoms with E-state index in [1.54, 1.807) is 47.6 Å². The SMILES string of the molecule is O=C(COc1cccnc1)N1CCN(c2c(F)cccc2-c2cc(CNc3ccon3)on2)CC1. The summed E-state index contributed by atoms with van der Waals surface area (Å²) in [5, 5.41) is 11.0. The third kappa shape index (κ3) is 5.24. The van der Waals surface area contributed by atoms with Crippen molar-refractivity contribution in [2.75, 3.05) is 43.0 Å². The summed E-state index contributed by atoms with van der Waals surface area (Å²) in [6.45, 7) is 2.15. The van der Waals surface area contributed by atoms with Gasteiger partial charge in [-0.15, -0.1) is 0 Å². The number of anilines is 2. The molecule has 5 rings (SSSR count). The number of ether oxygens (including phenoxy) is 1. The molecule has 0 aliphatic carbocycles. The van der Waals surface area contributed by atoms with Crippen LogP contribution in [0.25, 0.3) is 11.3 Å². The van der Waals surface area contributed by atoms with Crippen LogP contribution in [0.15, 0.2) is 70.2 Å². The fourth-order valence-electron chi connectivity index (χ4n) is 3.90. The highest BCUT2D eigenvalue weighted by Crippen LogP contribution is 2.33. The maximum absolute atomic E-state index is 15.0. The highest BCUT2D eigenvalue weighted by atomic mass is 19.1. The largest absolute Gasteiger partial charge is 0.482 e. The molecule has 1 fully saturated rings. The molecule has 10 nitrogen and oxygen atoms in total. The van der Waals surface area contributed by atoms with Crippen LogP contribution in [0.4, 0.5) is 15.9 Å². The number of rotatable bonds is 8. The van der Waals surface area contributed by atoms with Crippen LogP contribution in [0.2, 0.25) is 0 Å². The van der Waals surface area contributed by atoms with Crippen molar-refractivity contribution < 1.29 is 23.0 Å². The first-order chi connectivity index (χ1) is 17.2. The summed E-state index contributed by atoms with van der Waals surface area (Å²) in [6.07, 6.45) is 4.67. The van der Waals surface area contributed by atoms with Gasteiger partial charge in [0.1, 0.15) is 23.5 Å². The second kappa shape index (κ2) is 10.2. The van der Waals surface area contributed by atoms with E-state index in [9.17, 15) is 9.18 Å². The van der Waals surface area contributed by atoms with Crippen LogP contribution in [-0.4, -0.2) is 58.9 Å². The van der Waals surface area contributed by atoms with Gasteiger partial charge in [-0.25, -0.2) is 4.39 Å². The van der Waals surface area contributed by atoms with E-state index in [4.69, 9.17) is 13.8 Å². The second-order valence-corrected chi connectivity index (χ2v) is 7.90. The minimum Gasteiger partial charge on any atom is -0.482 e. The van der Waals surface area contributed by atoms with Crippen LogP contribution in [-0.2, 0) is 11.3 Å². The molecule has 0 spiro atoms. The Hall–Kier alpha value is -4.41. The number of piperazine rings is 1. The third-order valence-electron chi connectivity index (χ3n) is 5.65. The molecule has 35 heavy (non-hydrogen) atoms. The number of nitrogens with zero attached hydrogens (tertiary/aromatic N) is 5. The molecule has 0 bridgehead atoms. The van der Waals surface area contributed by atoms with Crippen molar-refractivity contribution in [2.24, 2.45) is 0 Å². The van der Waals surface area contributed by atoms with Crippen molar-refractivity contribution in [1.29, 1.82) is 0 Å². The molecule has 180 valence electrons. The van der Waals surface area contributed by atoms with Crippen molar-refractivity contribution in [1.82, 2.24) is 20.2 Å². The fourth-order valence-corrected chi connectivity index (χ4v) is 3.90. The second-order valence-electron chi connectivity index (χ2n) is 7.90. The molecule has 1 aliphatic heterocycles. The molecule has 0 atom stereocenters. The number of aromatic nitrogens is 3. The van der Waals surface area contributed by atoms with Crippen molar-refractivity contribution >= 4 is 17.4 Å². The maximum Gasteiger partial charge on any atom is 0.260 e. The number of carbonyl (C=O) groups is 1. The smallest absolute Gasteiger partial charge is 0.260 e. The molecule has 1 amide bonds. The lowest BCUT2D eigenvalue weighted by atomic mass is 10.1. The average molecular weight is 478 g/mol. The van der Waals surface area contributed by atoms with Crippen molar-refractivity contribution in [2.45, 2.75) is 6.54 Å². The van der Waals surface area contributed by atoms with E-state index < -0.39 is 0 Å². The molecule has 0 radical (unpaired) electrons. The van der Waals surface area contributed by atoms with E-state index in [-0.39, 0.29) is 18.3 Å². The Morgan fingerprint density at radius 3 is 2.77 bits per heavy atom. The highest BCUT2D eigenvalue weighted by Gasteiger charge is 2.26. The van der Waals surface area contributed by atoms with Crippen molar-refractivity contribution in [3.05, 3.63) is 72.7 Å². The van der Waals surface area contributed by atoms with Gasteiger partial charge in [-0.3, -0.25) is 9.78 Å². The standard InChI is InChI=1S/C24H23FN6O4/c25-20-5-1-4-19(21-13-18(35-28-21)15-27-22-6-12-34-29-22)24(20)31-10-8-30(9-11-31)23(32)16-33-17-3-2-7-26-14-17/h1-7,12-14H,8-11,15-16H2,(H,27,29). The van der Waals surface area contributed by atoms with E-state index in [0.29, 0.717) is 67.0 Å². The van der Waals surface area contributed by atoms with Crippen LogP contribution in [0, 0.1) is 5.82 Å². The Balaban J connectivity index is 1.23. The predicted molar refractivity (Wildman–Crippen MR) is 124 cm³/mol. The summed E-state index contributed by atoms with van der Waals surface area (Å²) in [5.41, 5.74) is 1.59. The molecule has 0 unspecified atom stereocenters. The van der Waals surface area contributed by atoms with Gasteiger partial charge >= 0.3 is 0 Å². The number of amides is 1. The third-order valence-corrected chi connectivity index (χ3v) is 5.65. The minimum absolute atomic E-state index is 0.0687. The molecule has 11 heteroatoms. The first-order valence-electron chi connectivity index (χ1n) is 11.1. The molecule has 1 N–H and O–H groups in total. The van der Waals surface area contributed by atoms with Crippen LogP contribution < -0.4 is 15.0 Å². The van der Waals surface area contributed by atoms with Crippen LogP contribution in [0.1, 0.15) is 5.76 Å². The summed E-state index contributed by atoms with van der Waals surface area (Å²) < 4.78 is 30.7. The maximum atomic E-state index is 15.0. The quantitative estimate of drug-likeness (QED) is 0.408. The molecule has 3 aromatic heterocycles. The number of carbonyl (C=O) groups excluding carboxylic acids is 1. The van der Waals surface area contributed by atoms with E-state index in [1.165, 1.54) is 12.3 Å². The van der Waals surface area contributed by atoms with E-state index in [1.807, 2.05) is 11.0 Å². The van der Waals surface area contributed by atoms with Gasteiger partial charge in [0.2, 0.25) is 0 Å². The van der Waals surface area contributed by atoms with Gasteiger partial charge < -0.3 is 28.9 Å². The summed E-state index contributed by atoms with van der Waals surface area (Å²) >= 11 is 0. The topological polar surface area (TPSA) is 110 Å². The lowest BCUT2D eigenvalue weighted by Crippen LogP contribution is -2.50. The molecule has 4 aromatic rings. The summed E-state index contributed by atoms with van der Waals surface area (Å²) in [6, 6.07) is 11.8. The summed E-state index contributed by atoms with van der Waals surface area (Å²) in [5.74, 6) is 1.21. The van der Waals surface area contributed by atoms with Crippen molar-refractivity contribution in [3.8, 4) is 17.0 Å². The lowest BCUT2D eigenvalue weighted by Gasteiger charge is -2.36. The number of halogens is 1. The zero-order chi connectivity index (χ0) is 24.0. The number of nitrogens with one attached hydrogen (secondary N) is 1. The molecular formula is C24H23FN6O4. The lowest BCUT2D eigenvalue weighted by molar-refractivity contribution is -0.133. The van der Waals surface area contributed by atoms with Gasteiger partial charge in [-0.2, -0.15) is 0 Å². The number of para-hydroxylation sites is 1. The molecule has 0 saturated carbocycles. The highest BCUT2D eigenvalue weighted by molar-refractivity contribution is 5.79. The van der Waals surface area contributed by atoms with E-state index in [0.717, 1.165) is 0 Å². The first kappa shape index (κ1) is 22.4. The summed E-state index contributed by atoms with van der Waals surface area (Å²) in [7, 11) is 0. The Kier molecular flexibility index (Phi) is 6.55. The Morgan fingerprint density at radius 1 is 1.11 bits per heavy atom. The van der Waals surface area contributed by atoms with Crippen LogP contribution in [0.5, 0.6) is 5.75 Å². The van der Waals surface area contributed by atoms with Gasteiger partial charge in [0.25, 0.3) is 5.91 Å². The van der Waals surface area contributed by atoms with Crippen LogP contribution >= 0.6 is 0 Å². The van der Waals surface area contributed by atoms with Crippen molar-refractivity contribution in [3.63, 3.8) is 0 Å². The van der Waals surface area contributed by atoms with E-state index >= 15 is 0 Å². The Morgan fingerprint density at radius 2 is 2.00 bits per heavy atom. The number of pyridine rings is 1. The van der Waals surface area contributed by atoms with Gasteiger partial charge in [-0.05, 0) is 18.2 Å². The number of hydrogen-bond donors (Lipinski definition) is 1. The number of hydrogen-bond acceptors (Lipinski definition) is 9. The van der Waals surface area contributed by atoms with Crippen LogP contribution in [0.3, 0.4) is 0 Å². The van der Waals surface area contributed by atoms with E-state index in [2.05, 4.69) is 20.6 Å². The molecule has 1 saturated heterocycles. The molecular weight excluding hydrogens is 455 g/mol. The summed E-state index contributed by atoms with van der Waals surface area (Å²) in [4.78, 5) is 20.2. The van der Waals surface area contributed by atoms with Gasteiger partial charge in [-0.1, -0.05) is 22.4 Å².